The second kappa shape index (κ2) is 9.66. The summed E-state index contributed by atoms with van der Waals surface area (Å²) in [7, 11) is 3.33. The van der Waals surface area contributed by atoms with Gasteiger partial charge in [-0.3, -0.25) is 9.79 Å². The molecule has 3 rings (SSSR count). The van der Waals surface area contributed by atoms with Gasteiger partial charge in [0.2, 0.25) is 5.91 Å². The zero-order valence-electron chi connectivity index (χ0n) is 17.2. The van der Waals surface area contributed by atoms with E-state index < -0.39 is 0 Å². The molecule has 7 nitrogen and oxygen atoms in total. The molecular formula is C21H32N4O3. The predicted molar refractivity (Wildman–Crippen MR) is 110 cm³/mol. The molecule has 1 saturated carbocycles. The van der Waals surface area contributed by atoms with E-state index in [2.05, 4.69) is 34.6 Å². The second-order valence-corrected chi connectivity index (χ2v) is 7.33. The molecule has 2 N–H and O–H groups in total. The van der Waals surface area contributed by atoms with Crippen molar-refractivity contribution in [2.75, 3.05) is 33.9 Å². The van der Waals surface area contributed by atoms with E-state index in [-0.39, 0.29) is 5.91 Å². The van der Waals surface area contributed by atoms with Gasteiger partial charge in [0.05, 0.1) is 14.2 Å². The van der Waals surface area contributed by atoms with Gasteiger partial charge in [-0.2, -0.15) is 0 Å². The molecule has 154 valence electrons. The highest BCUT2D eigenvalue weighted by Gasteiger charge is 2.23. The van der Waals surface area contributed by atoms with E-state index in [1.807, 2.05) is 0 Å². The normalized spacial score (nSPS) is 16.4. The fourth-order valence-electron chi connectivity index (χ4n) is 3.44. The first-order chi connectivity index (χ1) is 13.6. The predicted octanol–water partition coefficient (Wildman–Crippen LogP) is 2.09. The average Bonchev–Trinajstić information content (AvgIpc) is 3.52. The van der Waals surface area contributed by atoms with Crippen molar-refractivity contribution in [1.29, 1.82) is 0 Å². The highest BCUT2D eigenvalue weighted by atomic mass is 16.5. The van der Waals surface area contributed by atoms with Crippen molar-refractivity contribution in [3.05, 3.63) is 23.3 Å². The van der Waals surface area contributed by atoms with E-state index in [1.165, 1.54) is 11.1 Å². The lowest BCUT2D eigenvalue weighted by molar-refractivity contribution is -0.121. The monoisotopic (exact) mass is 388 g/mol. The van der Waals surface area contributed by atoms with Gasteiger partial charge in [0.1, 0.15) is 0 Å². The van der Waals surface area contributed by atoms with E-state index >= 15 is 0 Å². The number of carbonyl (C=O) groups excluding carboxylic acids is 1. The van der Waals surface area contributed by atoms with Gasteiger partial charge in [-0.05, 0) is 55.9 Å². The Bertz CT molecular complexity index is 716. The lowest BCUT2D eigenvalue weighted by Gasteiger charge is -2.32. The number of hydrogen-bond donors (Lipinski definition) is 2. The van der Waals surface area contributed by atoms with Crippen molar-refractivity contribution in [3.8, 4) is 11.5 Å². The number of guanidine groups is 1. The first-order valence-corrected chi connectivity index (χ1v) is 10.2. The molecule has 1 fully saturated rings. The van der Waals surface area contributed by atoms with Gasteiger partial charge in [0.25, 0.3) is 0 Å². The van der Waals surface area contributed by atoms with Gasteiger partial charge in [0, 0.05) is 38.6 Å². The van der Waals surface area contributed by atoms with Crippen LogP contribution in [0.3, 0.4) is 0 Å². The summed E-state index contributed by atoms with van der Waals surface area (Å²) in [5, 5.41) is 6.41. The SMILES string of the molecule is CCNC(=NCCCC(=O)NC1CC1)N1CCc2cc(OC)c(OC)cc2C1. The summed E-state index contributed by atoms with van der Waals surface area (Å²) >= 11 is 0. The molecule has 28 heavy (non-hydrogen) atoms. The Hall–Kier alpha value is -2.44. The number of nitrogens with one attached hydrogen (secondary N) is 2. The van der Waals surface area contributed by atoms with Crippen LogP contribution in [0.25, 0.3) is 0 Å². The van der Waals surface area contributed by atoms with Crippen LogP contribution in [0.5, 0.6) is 11.5 Å². The third-order valence-corrected chi connectivity index (χ3v) is 5.12. The van der Waals surface area contributed by atoms with Crippen molar-refractivity contribution in [2.24, 2.45) is 4.99 Å². The number of benzene rings is 1. The smallest absolute Gasteiger partial charge is 0.220 e. The van der Waals surface area contributed by atoms with Gasteiger partial charge in [-0.15, -0.1) is 0 Å². The maximum Gasteiger partial charge on any atom is 0.220 e. The molecule has 1 amide bonds. The molecule has 1 aliphatic heterocycles. The number of aliphatic imine (C=N–C) groups is 1. The molecule has 1 heterocycles. The van der Waals surface area contributed by atoms with Crippen LogP contribution in [0.15, 0.2) is 17.1 Å². The third kappa shape index (κ3) is 5.30. The van der Waals surface area contributed by atoms with Gasteiger partial charge < -0.3 is 25.0 Å². The molecule has 0 unspecified atom stereocenters. The number of carbonyl (C=O) groups is 1. The molecule has 0 bridgehead atoms. The van der Waals surface area contributed by atoms with Crippen LogP contribution in [-0.4, -0.2) is 56.7 Å². The Morgan fingerprint density at radius 2 is 1.93 bits per heavy atom. The maximum absolute atomic E-state index is 11.8. The molecular weight excluding hydrogens is 356 g/mol. The maximum atomic E-state index is 11.8. The number of methoxy groups -OCH3 is 2. The molecule has 0 atom stereocenters. The summed E-state index contributed by atoms with van der Waals surface area (Å²) in [5.41, 5.74) is 2.53. The van der Waals surface area contributed by atoms with Gasteiger partial charge in [0.15, 0.2) is 17.5 Å². The lowest BCUT2D eigenvalue weighted by Crippen LogP contribution is -2.44. The quantitative estimate of drug-likeness (QED) is 0.405. The van der Waals surface area contributed by atoms with Gasteiger partial charge >= 0.3 is 0 Å². The van der Waals surface area contributed by atoms with Crippen LogP contribution < -0.4 is 20.1 Å². The fourth-order valence-corrected chi connectivity index (χ4v) is 3.44. The summed E-state index contributed by atoms with van der Waals surface area (Å²) in [6, 6.07) is 4.57. The number of ether oxygens (including phenoxy) is 2. The van der Waals surface area contributed by atoms with Crippen LogP contribution in [0.4, 0.5) is 0 Å². The number of hydrogen-bond acceptors (Lipinski definition) is 4. The Morgan fingerprint density at radius 3 is 2.57 bits per heavy atom. The Labute approximate surface area is 167 Å². The minimum absolute atomic E-state index is 0.149. The zero-order valence-corrected chi connectivity index (χ0v) is 17.2. The molecule has 0 aromatic heterocycles. The largest absolute Gasteiger partial charge is 0.493 e. The van der Waals surface area contributed by atoms with E-state index in [1.54, 1.807) is 14.2 Å². The molecule has 0 saturated heterocycles. The highest BCUT2D eigenvalue weighted by Crippen LogP contribution is 2.33. The minimum Gasteiger partial charge on any atom is -0.493 e. The first kappa shape index (κ1) is 20.3. The topological polar surface area (TPSA) is 75.2 Å². The van der Waals surface area contributed by atoms with E-state index in [0.717, 1.165) is 62.8 Å². The Balaban J connectivity index is 1.60. The first-order valence-electron chi connectivity index (χ1n) is 10.2. The van der Waals surface area contributed by atoms with Crippen molar-refractivity contribution in [1.82, 2.24) is 15.5 Å². The molecule has 1 aromatic carbocycles. The van der Waals surface area contributed by atoms with Crippen molar-refractivity contribution in [2.45, 2.75) is 51.6 Å². The summed E-state index contributed by atoms with van der Waals surface area (Å²) in [4.78, 5) is 18.8. The standard InChI is InChI=1S/C21H32N4O3/c1-4-22-21(23-10-5-6-20(26)24-17-7-8-17)25-11-9-15-12-18(27-2)19(28-3)13-16(15)14-25/h12-13,17H,4-11,14H2,1-3H3,(H,22,23)(H,24,26). The summed E-state index contributed by atoms with van der Waals surface area (Å²) in [6.45, 7) is 5.22. The van der Waals surface area contributed by atoms with Crippen LogP contribution in [0, 0.1) is 0 Å². The molecule has 7 heteroatoms. The summed E-state index contributed by atoms with van der Waals surface area (Å²) in [5.74, 6) is 2.59. The summed E-state index contributed by atoms with van der Waals surface area (Å²) < 4.78 is 10.9. The highest BCUT2D eigenvalue weighted by molar-refractivity contribution is 5.80. The number of rotatable bonds is 8. The van der Waals surface area contributed by atoms with E-state index in [4.69, 9.17) is 14.5 Å². The van der Waals surface area contributed by atoms with E-state index in [9.17, 15) is 4.79 Å². The van der Waals surface area contributed by atoms with Crippen molar-refractivity contribution < 1.29 is 14.3 Å². The van der Waals surface area contributed by atoms with Crippen LogP contribution in [0.2, 0.25) is 0 Å². The fraction of sp³-hybridized carbons (Fsp3) is 0.619. The number of amides is 1. The average molecular weight is 389 g/mol. The van der Waals surface area contributed by atoms with Crippen molar-refractivity contribution in [3.63, 3.8) is 0 Å². The van der Waals surface area contributed by atoms with Gasteiger partial charge in [-0.1, -0.05) is 0 Å². The molecule has 1 aromatic rings. The minimum atomic E-state index is 0.149. The van der Waals surface area contributed by atoms with Crippen LogP contribution >= 0.6 is 0 Å². The molecule has 1 aliphatic carbocycles. The third-order valence-electron chi connectivity index (χ3n) is 5.12. The number of fused-ring (bicyclic) bond motifs is 1. The molecule has 2 aliphatic rings. The van der Waals surface area contributed by atoms with Crippen LogP contribution in [-0.2, 0) is 17.8 Å². The number of nitrogens with zero attached hydrogens (tertiary/aromatic N) is 2. The Morgan fingerprint density at radius 1 is 1.21 bits per heavy atom. The molecule has 0 spiro atoms. The van der Waals surface area contributed by atoms with E-state index in [0.29, 0.717) is 19.0 Å². The van der Waals surface area contributed by atoms with Crippen molar-refractivity contribution >= 4 is 11.9 Å². The summed E-state index contributed by atoms with van der Waals surface area (Å²) in [6.07, 6.45) is 4.50. The molecule has 0 radical (unpaired) electrons. The van der Waals surface area contributed by atoms with Crippen LogP contribution in [0.1, 0.15) is 43.7 Å². The lowest BCUT2D eigenvalue weighted by atomic mass is 9.99. The Kier molecular flexibility index (Phi) is 7.01. The van der Waals surface area contributed by atoms with Gasteiger partial charge in [-0.25, -0.2) is 0 Å². The second-order valence-electron chi connectivity index (χ2n) is 7.33. The zero-order chi connectivity index (χ0) is 19.9.